The van der Waals surface area contributed by atoms with Crippen LogP contribution in [0.15, 0.2) is 133 Å². The number of hydrogen-bond donors (Lipinski definition) is 0. The van der Waals surface area contributed by atoms with Crippen LogP contribution in [0.25, 0.3) is 12.2 Å². The standard InChI is InChI=1S/C37H29F6NO3/c1-37(27-12-20-31(21-13-27)46-35(42)33(38)39,28-14-22-32(23-15-28)47-36(43)34(40)41)26-10-4-24(5-11-26)8-18-30(45)19-9-25-6-16-29(17-7-25)44(2)3/h4-23H,1-3H3. The minimum Gasteiger partial charge on any atom is -0.428 e. The van der Waals surface area contributed by atoms with Gasteiger partial charge in [-0.3, -0.25) is 4.79 Å². The quantitative estimate of drug-likeness (QED) is 0.0663. The van der Waals surface area contributed by atoms with Crippen LogP contribution in [-0.4, -0.2) is 19.9 Å². The van der Waals surface area contributed by atoms with Crippen LogP contribution in [0.3, 0.4) is 0 Å². The molecule has 0 saturated heterocycles. The summed E-state index contributed by atoms with van der Waals surface area (Å²) in [7, 11) is 3.89. The number of nitrogens with zero attached hydrogens (tertiary/aromatic N) is 1. The van der Waals surface area contributed by atoms with Gasteiger partial charge in [-0.05, 0) is 83.3 Å². The number of allylic oxidation sites excluding steroid dienone is 2. The molecule has 4 nitrogen and oxygen atoms in total. The van der Waals surface area contributed by atoms with Crippen molar-refractivity contribution >= 4 is 23.6 Å². The fourth-order valence-corrected chi connectivity index (χ4v) is 4.72. The van der Waals surface area contributed by atoms with E-state index in [9.17, 15) is 31.1 Å². The average Bonchev–Trinajstić information content (AvgIpc) is 3.07. The topological polar surface area (TPSA) is 38.8 Å². The minimum absolute atomic E-state index is 0.162. The van der Waals surface area contributed by atoms with Gasteiger partial charge in [0.05, 0.1) is 0 Å². The summed E-state index contributed by atoms with van der Waals surface area (Å²) in [4.78, 5) is 14.5. The number of benzene rings is 4. The Bertz CT molecular complexity index is 1730. The number of carbonyl (C=O) groups excluding carboxylic acids is 1. The molecule has 0 bridgehead atoms. The van der Waals surface area contributed by atoms with E-state index in [4.69, 9.17) is 0 Å². The Kier molecular flexibility index (Phi) is 11.1. The van der Waals surface area contributed by atoms with E-state index in [0.717, 1.165) is 22.4 Å². The summed E-state index contributed by atoms with van der Waals surface area (Å²) in [6, 6.07) is 22.5. The van der Waals surface area contributed by atoms with Crippen molar-refractivity contribution in [2.45, 2.75) is 12.3 Å². The van der Waals surface area contributed by atoms with E-state index in [2.05, 4.69) is 9.47 Å². The largest absolute Gasteiger partial charge is 0.428 e. The van der Waals surface area contributed by atoms with Crippen LogP contribution in [0.2, 0.25) is 0 Å². The molecule has 0 amide bonds. The van der Waals surface area contributed by atoms with E-state index < -0.39 is 29.6 Å². The van der Waals surface area contributed by atoms with Gasteiger partial charge in [-0.2, -0.15) is 26.3 Å². The highest BCUT2D eigenvalue weighted by Crippen LogP contribution is 2.40. The summed E-state index contributed by atoms with van der Waals surface area (Å²) in [5.41, 5.74) is 3.71. The Labute approximate surface area is 268 Å². The van der Waals surface area contributed by atoms with Crippen molar-refractivity contribution in [1.29, 1.82) is 0 Å². The monoisotopic (exact) mass is 649 g/mol. The third-order valence-electron chi connectivity index (χ3n) is 7.35. The molecule has 4 aromatic carbocycles. The third-order valence-corrected chi connectivity index (χ3v) is 7.35. The zero-order valence-electron chi connectivity index (χ0n) is 25.5. The van der Waals surface area contributed by atoms with Crippen LogP contribution in [0.5, 0.6) is 11.5 Å². The lowest BCUT2D eigenvalue weighted by Gasteiger charge is -2.32. The van der Waals surface area contributed by atoms with Gasteiger partial charge in [0, 0.05) is 25.2 Å². The lowest BCUT2D eigenvalue weighted by atomic mass is 9.71. The smallest absolute Gasteiger partial charge is 0.344 e. The maximum atomic E-state index is 13.3. The first kappa shape index (κ1) is 34.4. The zero-order chi connectivity index (χ0) is 34.1. The molecule has 0 N–H and O–H groups in total. The molecule has 0 saturated carbocycles. The second kappa shape index (κ2) is 15.2. The molecule has 0 aliphatic rings. The van der Waals surface area contributed by atoms with Gasteiger partial charge in [0.15, 0.2) is 5.78 Å². The maximum absolute atomic E-state index is 13.3. The molecule has 0 fully saturated rings. The summed E-state index contributed by atoms with van der Waals surface area (Å²) in [6.07, 6.45) is 1.12. The summed E-state index contributed by atoms with van der Waals surface area (Å²) in [5, 5.41) is 0. The van der Waals surface area contributed by atoms with Gasteiger partial charge in [0.1, 0.15) is 11.5 Å². The van der Waals surface area contributed by atoms with Crippen LogP contribution in [0.1, 0.15) is 34.7 Å². The normalized spacial score (nSPS) is 11.4. The molecule has 4 aromatic rings. The first-order valence-electron chi connectivity index (χ1n) is 14.1. The van der Waals surface area contributed by atoms with E-state index in [1.807, 2.05) is 62.3 Å². The second-order valence-corrected chi connectivity index (χ2v) is 10.6. The van der Waals surface area contributed by atoms with Gasteiger partial charge < -0.3 is 14.4 Å². The van der Waals surface area contributed by atoms with Crippen molar-refractivity contribution in [2.24, 2.45) is 0 Å². The van der Waals surface area contributed by atoms with Crippen molar-refractivity contribution in [3.8, 4) is 11.5 Å². The van der Waals surface area contributed by atoms with Crippen molar-refractivity contribution in [3.63, 3.8) is 0 Å². The highest BCUT2D eigenvalue weighted by atomic mass is 19.3. The van der Waals surface area contributed by atoms with E-state index >= 15 is 0 Å². The number of ether oxygens (including phenoxy) is 2. The molecular weight excluding hydrogens is 620 g/mol. The predicted molar refractivity (Wildman–Crippen MR) is 171 cm³/mol. The number of anilines is 1. The molecule has 0 aliphatic carbocycles. The van der Waals surface area contributed by atoms with Gasteiger partial charge in [-0.25, -0.2) is 0 Å². The van der Waals surface area contributed by atoms with Crippen LogP contribution in [0.4, 0.5) is 32.0 Å². The van der Waals surface area contributed by atoms with Gasteiger partial charge in [0.2, 0.25) is 0 Å². The van der Waals surface area contributed by atoms with Crippen molar-refractivity contribution in [1.82, 2.24) is 0 Å². The molecule has 10 heteroatoms. The molecule has 0 radical (unpaired) electrons. The Morgan fingerprint density at radius 2 is 0.915 bits per heavy atom. The lowest BCUT2D eigenvalue weighted by Crippen LogP contribution is -2.25. The molecule has 242 valence electrons. The zero-order valence-corrected chi connectivity index (χ0v) is 25.5. The van der Waals surface area contributed by atoms with E-state index in [1.54, 1.807) is 48.6 Å². The van der Waals surface area contributed by atoms with Crippen molar-refractivity contribution in [3.05, 3.63) is 161 Å². The van der Waals surface area contributed by atoms with Gasteiger partial charge in [-0.1, -0.05) is 72.8 Å². The summed E-state index contributed by atoms with van der Waals surface area (Å²) in [5.74, 6) is -0.533. The number of ketones is 1. The Morgan fingerprint density at radius 1 is 0.574 bits per heavy atom. The lowest BCUT2D eigenvalue weighted by molar-refractivity contribution is -0.110. The Hall–Kier alpha value is -5.51. The first-order valence-corrected chi connectivity index (χ1v) is 14.1. The average molecular weight is 650 g/mol. The molecular formula is C37H29F6NO3. The molecule has 0 atom stereocenters. The molecule has 47 heavy (non-hydrogen) atoms. The number of hydrogen-bond acceptors (Lipinski definition) is 4. The highest BCUT2D eigenvalue weighted by molar-refractivity contribution is 6.04. The summed E-state index contributed by atoms with van der Waals surface area (Å²) < 4.78 is 85.9. The van der Waals surface area contributed by atoms with Crippen molar-refractivity contribution < 1.29 is 40.6 Å². The highest BCUT2D eigenvalue weighted by Gasteiger charge is 2.31. The second-order valence-electron chi connectivity index (χ2n) is 10.6. The number of carbonyl (C=O) groups is 1. The molecule has 0 unspecified atom stereocenters. The third kappa shape index (κ3) is 8.82. The number of halogens is 6. The minimum atomic E-state index is -2.60. The van der Waals surface area contributed by atoms with Gasteiger partial charge >= 0.3 is 24.2 Å². The van der Waals surface area contributed by atoms with E-state index in [0.29, 0.717) is 11.1 Å². The summed E-state index contributed by atoms with van der Waals surface area (Å²) >= 11 is 0. The molecule has 0 spiro atoms. The van der Waals surface area contributed by atoms with Crippen LogP contribution in [-0.2, 0) is 10.2 Å². The Morgan fingerprint density at radius 3 is 1.26 bits per heavy atom. The fraction of sp³-hybridized carbons (Fsp3) is 0.108. The van der Waals surface area contributed by atoms with Crippen LogP contribution >= 0.6 is 0 Å². The Balaban J connectivity index is 1.60. The van der Waals surface area contributed by atoms with Crippen LogP contribution < -0.4 is 14.4 Å². The summed E-state index contributed by atoms with van der Waals surface area (Å²) in [6.45, 7) is 1.85. The van der Waals surface area contributed by atoms with E-state index in [1.165, 1.54) is 36.4 Å². The van der Waals surface area contributed by atoms with E-state index in [-0.39, 0.29) is 17.3 Å². The molecule has 0 aliphatic heterocycles. The van der Waals surface area contributed by atoms with Crippen molar-refractivity contribution in [2.75, 3.05) is 19.0 Å². The molecule has 0 heterocycles. The van der Waals surface area contributed by atoms with Gasteiger partial charge in [-0.15, -0.1) is 0 Å². The first-order chi connectivity index (χ1) is 22.4. The predicted octanol–water partition coefficient (Wildman–Crippen LogP) is 10.2. The SMILES string of the molecule is CN(C)c1ccc(C=CC(=O)C=Cc2ccc(C(C)(c3ccc(OC(F)=C(F)F)cc3)c3ccc(OC(F)=C(F)F)cc3)cc2)cc1. The maximum Gasteiger partial charge on any atom is 0.344 e. The molecule has 4 rings (SSSR count). The van der Waals surface area contributed by atoms with Gasteiger partial charge in [0.25, 0.3) is 0 Å². The fourth-order valence-electron chi connectivity index (χ4n) is 4.72. The number of rotatable bonds is 12. The molecule has 0 aromatic heterocycles. The van der Waals surface area contributed by atoms with Crippen LogP contribution in [0, 0.1) is 0 Å².